The molecule has 0 atom stereocenters. The molecule has 0 unspecified atom stereocenters. The SMILES string of the molecule is Nc1c(I)cc(I)c(P(=O)(O)O)c1I. The Morgan fingerprint density at radius 2 is 1.71 bits per heavy atom. The molecule has 0 saturated heterocycles. The molecule has 0 radical (unpaired) electrons. The van der Waals surface area contributed by atoms with Gasteiger partial charge in [-0.15, -0.1) is 0 Å². The van der Waals surface area contributed by atoms with Crippen molar-refractivity contribution in [3.05, 3.63) is 16.8 Å². The smallest absolute Gasteiger partial charge is 0.358 e. The number of nitrogen functional groups attached to an aromatic ring is 1. The van der Waals surface area contributed by atoms with Crippen LogP contribution in [0.15, 0.2) is 6.07 Å². The highest BCUT2D eigenvalue weighted by atomic mass is 127. The highest BCUT2D eigenvalue weighted by molar-refractivity contribution is 14.1. The fraction of sp³-hybridized carbons (Fsp3) is 0. The second-order valence-corrected chi connectivity index (χ2v) is 7.40. The van der Waals surface area contributed by atoms with Crippen molar-refractivity contribution in [1.82, 2.24) is 0 Å². The highest BCUT2D eigenvalue weighted by Gasteiger charge is 2.26. The fourth-order valence-corrected chi connectivity index (χ4v) is 6.84. The van der Waals surface area contributed by atoms with Gasteiger partial charge in [0, 0.05) is 7.14 Å². The number of nitrogens with two attached hydrogens (primary N) is 1. The lowest BCUT2D eigenvalue weighted by atomic mass is 10.3. The molecule has 1 rings (SSSR count). The van der Waals surface area contributed by atoms with Crippen LogP contribution in [0.2, 0.25) is 0 Å². The van der Waals surface area contributed by atoms with E-state index in [1.54, 1.807) is 6.07 Å². The van der Waals surface area contributed by atoms with Gasteiger partial charge < -0.3 is 15.5 Å². The second-order valence-electron chi connectivity index (χ2n) is 2.46. The van der Waals surface area contributed by atoms with Gasteiger partial charge in [-0.05, 0) is 73.8 Å². The molecule has 0 aliphatic carbocycles. The molecule has 8 heteroatoms. The van der Waals surface area contributed by atoms with E-state index in [2.05, 4.69) is 0 Å². The molecule has 0 fully saturated rings. The van der Waals surface area contributed by atoms with Crippen LogP contribution in [0.4, 0.5) is 5.69 Å². The number of halogens is 3. The van der Waals surface area contributed by atoms with Crippen LogP contribution < -0.4 is 11.0 Å². The van der Waals surface area contributed by atoms with Gasteiger partial charge in [0.25, 0.3) is 0 Å². The molecule has 4 N–H and O–H groups in total. The molecule has 0 aliphatic heterocycles. The Balaban J connectivity index is 3.61. The predicted molar refractivity (Wildman–Crippen MR) is 80.7 cm³/mol. The maximum absolute atomic E-state index is 11.2. The molecule has 0 amide bonds. The first-order valence-corrected chi connectivity index (χ1v) is 8.09. The van der Waals surface area contributed by atoms with Crippen molar-refractivity contribution in [2.24, 2.45) is 0 Å². The predicted octanol–water partition coefficient (Wildman–Crippen LogP) is 1.89. The summed E-state index contributed by atoms with van der Waals surface area (Å²) < 4.78 is 12.9. The molecule has 0 aromatic heterocycles. The van der Waals surface area contributed by atoms with E-state index >= 15 is 0 Å². The van der Waals surface area contributed by atoms with Crippen molar-refractivity contribution in [1.29, 1.82) is 0 Å². The van der Waals surface area contributed by atoms with Crippen LogP contribution in [0.3, 0.4) is 0 Å². The Morgan fingerprint density at radius 1 is 1.21 bits per heavy atom. The van der Waals surface area contributed by atoms with Gasteiger partial charge in [0.15, 0.2) is 0 Å². The first kappa shape index (κ1) is 13.4. The Kier molecular flexibility index (Phi) is 4.50. The molecular formula is C6H5I3NO3P. The average Bonchev–Trinajstić information content (AvgIpc) is 1.97. The molecule has 14 heavy (non-hydrogen) atoms. The molecule has 0 aliphatic rings. The van der Waals surface area contributed by atoms with Crippen LogP contribution in [0.5, 0.6) is 0 Å². The van der Waals surface area contributed by atoms with E-state index in [0.717, 1.165) is 3.57 Å². The van der Waals surface area contributed by atoms with Crippen molar-refractivity contribution in [3.63, 3.8) is 0 Å². The van der Waals surface area contributed by atoms with Gasteiger partial charge in [0.05, 0.1) is 14.6 Å². The Bertz CT molecular complexity index is 431. The molecule has 0 heterocycles. The Hall–Kier alpha value is 1.36. The first-order valence-electron chi connectivity index (χ1n) is 3.24. The normalized spacial score (nSPS) is 11.8. The standard InChI is InChI=1S/C6H5I3NO3P/c7-2-1-3(8)6(14(11,12)13)4(9)5(2)10/h1H,10H2,(H2,11,12,13). The van der Waals surface area contributed by atoms with E-state index in [4.69, 9.17) is 15.5 Å². The third-order valence-corrected chi connectivity index (χ3v) is 6.24. The quantitative estimate of drug-likeness (QED) is 0.283. The number of benzene rings is 1. The van der Waals surface area contributed by atoms with Gasteiger partial charge in [0.1, 0.15) is 0 Å². The molecule has 1 aromatic carbocycles. The topological polar surface area (TPSA) is 83.6 Å². The summed E-state index contributed by atoms with van der Waals surface area (Å²) in [7, 11) is -4.24. The lowest BCUT2D eigenvalue weighted by Crippen LogP contribution is -2.16. The third kappa shape index (κ3) is 2.73. The molecule has 4 nitrogen and oxygen atoms in total. The van der Waals surface area contributed by atoms with Crippen molar-refractivity contribution in [3.8, 4) is 0 Å². The highest BCUT2D eigenvalue weighted by Crippen LogP contribution is 2.39. The monoisotopic (exact) mass is 551 g/mol. The van der Waals surface area contributed by atoms with E-state index in [1.807, 2.05) is 67.8 Å². The van der Waals surface area contributed by atoms with E-state index in [1.165, 1.54) is 0 Å². The van der Waals surface area contributed by atoms with Crippen LogP contribution >= 0.6 is 75.4 Å². The minimum absolute atomic E-state index is 0.0246. The van der Waals surface area contributed by atoms with Crippen molar-refractivity contribution in [2.75, 3.05) is 5.73 Å². The summed E-state index contributed by atoms with van der Waals surface area (Å²) >= 11 is 5.78. The third-order valence-electron chi connectivity index (χ3n) is 1.47. The van der Waals surface area contributed by atoms with Crippen LogP contribution in [0, 0.1) is 10.7 Å². The van der Waals surface area contributed by atoms with Crippen molar-refractivity contribution in [2.45, 2.75) is 0 Å². The summed E-state index contributed by atoms with van der Waals surface area (Å²) in [6.45, 7) is 0. The van der Waals surface area contributed by atoms with Crippen LogP contribution in [-0.4, -0.2) is 9.79 Å². The fourth-order valence-electron chi connectivity index (χ4n) is 0.862. The van der Waals surface area contributed by atoms with Gasteiger partial charge in [0.2, 0.25) is 0 Å². The van der Waals surface area contributed by atoms with Crippen molar-refractivity contribution < 1.29 is 14.4 Å². The Morgan fingerprint density at radius 3 is 2.14 bits per heavy atom. The van der Waals surface area contributed by atoms with Gasteiger partial charge >= 0.3 is 7.60 Å². The number of hydrogen-bond acceptors (Lipinski definition) is 2. The van der Waals surface area contributed by atoms with E-state index in [0.29, 0.717) is 12.8 Å². The summed E-state index contributed by atoms with van der Waals surface area (Å²) in [5, 5.41) is 0.0246. The van der Waals surface area contributed by atoms with Crippen LogP contribution in [-0.2, 0) is 4.57 Å². The summed E-state index contributed by atoms with van der Waals surface area (Å²) in [4.78, 5) is 18.2. The molecule has 1 aromatic rings. The maximum Gasteiger partial charge on any atom is 0.358 e. The van der Waals surface area contributed by atoms with Crippen molar-refractivity contribution >= 4 is 86.4 Å². The average molecular weight is 551 g/mol. The largest absolute Gasteiger partial charge is 0.397 e. The van der Waals surface area contributed by atoms with Crippen LogP contribution in [0.25, 0.3) is 0 Å². The van der Waals surface area contributed by atoms with Gasteiger partial charge in [-0.3, -0.25) is 4.57 Å². The first-order chi connectivity index (χ1) is 6.25. The Labute approximate surface area is 122 Å². The summed E-state index contributed by atoms with van der Waals surface area (Å²) in [5.41, 5.74) is 6.11. The van der Waals surface area contributed by atoms with E-state index in [-0.39, 0.29) is 5.30 Å². The maximum atomic E-state index is 11.2. The lowest BCUT2D eigenvalue weighted by Gasteiger charge is -2.12. The minimum Gasteiger partial charge on any atom is -0.397 e. The van der Waals surface area contributed by atoms with Crippen LogP contribution in [0.1, 0.15) is 0 Å². The summed E-state index contributed by atoms with van der Waals surface area (Å²) in [6.07, 6.45) is 0. The molecule has 0 spiro atoms. The molecule has 78 valence electrons. The van der Waals surface area contributed by atoms with Gasteiger partial charge in [-0.1, -0.05) is 0 Å². The molecular weight excluding hydrogens is 546 g/mol. The molecule has 0 bridgehead atoms. The molecule has 0 saturated carbocycles. The van der Waals surface area contributed by atoms with Gasteiger partial charge in [-0.2, -0.15) is 0 Å². The van der Waals surface area contributed by atoms with E-state index < -0.39 is 7.60 Å². The lowest BCUT2D eigenvalue weighted by molar-refractivity contribution is 0.387. The summed E-state index contributed by atoms with van der Waals surface area (Å²) in [6, 6.07) is 1.66. The van der Waals surface area contributed by atoms with Gasteiger partial charge in [-0.25, -0.2) is 0 Å². The number of rotatable bonds is 1. The zero-order valence-electron chi connectivity index (χ0n) is 6.54. The number of hydrogen-bond donors (Lipinski definition) is 3. The second kappa shape index (κ2) is 4.70. The zero-order valence-corrected chi connectivity index (χ0v) is 13.9. The summed E-state index contributed by atoms with van der Waals surface area (Å²) in [5.74, 6) is 0. The minimum atomic E-state index is -4.24. The number of anilines is 1. The zero-order chi connectivity index (χ0) is 11.1. The van der Waals surface area contributed by atoms with E-state index in [9.17, 15) is 4.57 Å².